The molecule has 16 heavy (non-hydrogen) atoms. The molecule has 2 N–H and O–H groups in total. The van der Waals surface area contributed by atoms with Crippen LogP contribution in [0.1, 0.15) is 18.9 Å². The first kappa shape index (κ1) is 12.4. The van der Waals surface area contributed by atoms with Gasteiger partial charge in [-0.05, 0) is 24.6 Å². The van der Waals surface area contributed by atoms with Gasteiger partial charge in [0.25, 0.3) is 0 Å². The normalized spacial score (nSPS) is 9.75. The van der Waals surface area contributed by atoms with Crippen LogP contribution in [0.4, 0.5) is 0 Å². The molecule has 3 heteroatoms. The van der Waals surface area contributed by atoms with Crippen LogP contribution in [-0.2, 0) is 6.54 Å². The molecular weight excluding hydrogens is 202 g/mol. The van der Waals surface area contributed by atoms with Gasteiger partial charge in [0.15, 0.2) is 11.5 Å². The van der Waals surface area contributed by atoms with E-state index in [2.05, 4.69) is 11.2 Å². The van der Waals surface area contributed by atoms with E-state index in [1.165, 1.54) is 0 Å². The summed E-state index contributed by atoms with van der Waals surface area (Å²) in [4.78, 5) is 0. The molecule has 0 spiro atoms. The number of phenolic OH excluding ortho intramolecular Hbond substituents is 1. The average Bonchev–Trinajstić information content (AvgIpc) is 2.29. The van der Waals surface area contributed by atoms with Crippen LogP contribution in [0.15, 0.2) is 18.2 Å². The summed E-state index contributed by atoms with van der Waals surface area (Å²) in [6.45, 7) is 3.95. The lowest BCUT2D eigenvalue weighted by Crippen LogP contribution is -2.14. The maximum absolute atomic E-state index is 9.50. The molecule has 0 aliphatic heterocycles. The molecule has 0 saturated heterocycles. The number of hydrogen-bond acceptors (Lipinski definition) is 3. The van der Waals surface area contributed by atoms with Gasteiger partial charge in [0, 0.05) is 19.5 Å². The number of phenols is 1. The monoisotopic (exact) mass is 219 g/mol. The first-order valence-electron chi connectivity index (χ1n) is 5.36. The van der Waals surface area contributed by atoms with E-state index in [0.717, 1.165) is 25.1 Å². The van der Waals surface area contributed by atoms with Crippen LogP contribution in [0.5, 0.6) is 11.5 Å². The number of aromatic hydroxyl groups is 1. The predicted molar refractivity (Wildman–Crippen MR) is 64.4 cm³/mol. The van der Waals surface area contributed by atoms with Crippen molar-refractivity contribution in [1.29, 1.82) is 0 Å². The highest BCUT2D eigenvalue weighted by Crippen LogP contribution is 2.26. The highest BCUT2D eigenvalue weighted by molar-refractivity contribution is 5.41. The minimum absolute atomic E-state index is 0.175. The standard InChI is InChI=1S/C13H17NO2/c1-3-5-8-14-10-11-6-7-12(15)13(9-11)16-4-2/h1,6-7,9,14-15H,4-5,8,10H2,2H3. The summed E-state index contributed by atoms with van der Waals surface area (Å²) in [7, 11) is 0. The Morgan fingerprint density at radius 3 is 3.00 bits per heavy atom. The topological polar surface area (TPSA) is 41.5 Å². The summed E-state index contributed by atoms with van der Waals surface area (Å²) in [5, 5.41) is 12.7. The van der Waals surface area contributed by atoms with Crippen LogP contribution in [0, 0.1) is 12.3 Å². The third-order valence-electron chi connectivity index (χ3n) is 2.10. The molecule has 0 saturated carbocycles. The molecule has 0 aromatic heterocycles. The molecule has 0 aliphatic rings. The van der Waals surface area contributed by atoms with Crippen molar-refractivity contribution < 1.29 is 9.84 Å². The average molecular weight is 219 g/mol. The van der Waals surface area contributed by atoms with Crippen molar-refractivity contribution in [1.82, 2.24) is 5.32 Å². The van der Waals surface area contributed by atoms with Gasteiger partial charge < -0.3 is 15.2 Å². The number of hydrogen-bond donors (Lipinski definition) is 2. The summed E-state index contributed by atoms with van der Waals surface area (Å²) in [6.07, 6.45) is 5.87. The van der Waals surface area contributed by atoms with E-state index in [-0.39, 0.29) is 5.75 Å². The predicted octanol–water partition coefficient (Wildman–Crippen LogP) is 1.90. The molecule has 3 nitrogen and oxygen atoms in total. The Kier molecular flexibility index (Phi) is 5.24. The van der Waals surface area contributed by atoms with Gasteiger partial charge in [0.1, 0.15) is 0 Å². The fraction of sp³-hybridized carbons (Fsp3) is 0.385. The van der Waals surface area contributed by atoms with Crippen LogP contribution in [-0.4, -0.2) is 18.3 Å². The maximum Gasteiger partial charge on any atom is 0.161 e. The lowest BCUT2D eigenvalue weighted by Gasteiger charge is -2.08. The molecule has 1 aromatic rings. The van der Waals surface area contributed by atoms with Gasteiger partial charge in [0.05, 0.1) is 6.61 Å². The van der Waals surface area contributed by atoms with Gasteiger partial charge in [-0.3, -0.25) is 0 Å². The van der Waals surface area contributed by atoms with Crippen LogP contribution in [0.25, 0.3) is 0 Å². The number of rotatable bonds is 6. The van der Waals surface area contributed by atoms with Gasteiger partial charge in [-0.25, -0.2) is 0 Å². The maximum atomic E-state index is 9.50. The SMILES string of the molecule is C#CCCNCc1ccc(O)c(OCC)c1. The lowest BCUT2D eigenvalue weighted by atomic mass is 10.2. The zero-order valence-electron chi connectivity index (χ0n) is 9.49. The molecule has 0 heterocycles. The Hall–Kier alpha value is -1.66. The Morgan fingerprint density at radius 1 is 1.50 bits per heavy atom. The summed E-state index contributed by atoms with van der Waals surface area (Å²) >= 11 is 0. The molecule has 1 rings (SSSR count). The first-order valence-corrected chi connectivity index (χ1v) is 5.36. The van der Waals surface area contributed by atoms with Crippen molar-refractivity contribution in [2.75, 3.05) is 13.2 Å². The zero-order valence-corrected chi connectivity index (χ0v) is 9.49. The minimum atomic E-state index is 0.175. The van der Waals surface area contributed by atoms with Crippen LogP contribution < -0.4 is 10.1 Å². The second kappa shape index (κ2) is 6.76. The van der Waals surface area contributed by atoms with Crippen molar-refractivity contribution in [3.05, 3.63) is 23.8 Å². The van der Waals surface area contributed by atoms with E-state index < -0.39 is 0 Å². The largest absolute Gasteiger partial charge is 0.504 e. The van der Waals surface area contributed by atoms with Crippen molar-refractivity contribution >= 4 is 0 Å². The Bertz CT molecular complexity index is 369. The first-order chi connectivity index (χ1) is 7.77. The number of nitrogens with one attached hydrogen (secondary N) is 1. The van der Waals surface area contributed by atoms with Gasteiger partial charge in [0.2, 0.25) is 0 Å². The summed E-state index contributed by atoms with van der Waals surface area (Å²) in [5.41, 5.74) is 1.07. The van der Waals surface area contributed by atoms with Crippen molar-refractivity contribution in [3.8, 4) is 23.8 Å². The van der Waals surface area contributed by atoms with Crippen LogP contribution in [0.3, 0.4) is 0 Å². The fourth-order valence-electron chi connectivity index (χ4n) is 1.33. The third kappa shape index (κ3) is 3.84. The second-order valence-electron chi connectivity index (χ2n) is 3.37. The van der Waals surface area contributed by atoms with Gasteiger partial charge in [-0.1, -0.05) is 6.07 Å². The highest BCUT2D eigenvalue weighted by atomic mass is 16.5. The minimum Gasteiger partial charge on any atom is -0.504 e. The van der Waals surface area contributed by atoms with E-state index in [9.17, 15) is 5.11 Å². The van der Waals surface area contributed by atoms with Gasteiger partial charge in [-0.15, -0.1) is 12.3 Å². The summed E-state index contributed by atoms with van der Waals surface area (Å²) in [5.74, 6) is 3.27. The molecule has 0 fully saturated rings. The molecule has 0 aliphatic carbocycles. The molecular formula is C13H17NO2. The third-order valence-corrected chi connectivity index (χ3v) is 2.10. The molecule has 1 aromatic carbocycles. The molecule has 0 bridgehead atoms. The number of ether oxygens (including phenoxy) is 1. The smallest absolute Gasteiger partial charge is 0.161 e. The van der Waals surface area contributed by atoms with Gasteiger partial charge in [-0.2, -0.15) is 0 Å². The molecule has 0 amide bonds. The quantitative estimate of drug-likeness (QED) is 0.567. The highest BCUT2D eigenvalue weighted by Gasteiger charge is 2.02. The van der Waals surface area contributed by atoms with Crippen molar-refractivity contribution in [2.45, 2.75) is 19.9 Å². The zero-order chi connectivity index (χ0) is 11.8. The lowest BCUT2D eigenvalue weighted by molar-refractivity contribution is 0.317. The molecule has 0 unspecified atom stereocenters. The van der Waals surface area contributed by atoms with Crippen molar-refractivity contribution in [2.24, 2.45) is 0 Å². The second-order valence-corrected chi connectivity index (χ2v) is 3.37. The van der Waals surface area contributed by atoms with E-state index >= 15 is 0 Å². The Labute approximate surface area is 96.4 Å². The van der Waals surface area contributed by atoms with Crippen LogP contribution >= 0.6 is 0 Å². The molecule has 86 valence electrons. The number of terminal acetylenes is 1. The van der Waals surface area contributed by atoms with Crippen molar-refractivity contribution in [3.63, 3.8) is 0 Å². The van der Waals surface area contributed by atoms with E-state index in [0.29, 0.717) is 12.4 Å². The van der Waals surface area contributed by atoms with Gasteiger partial charge >= 0.3 is 0 Å². The molecule has 0 radical (unpaired) electrons. The van der Waals surface area contributed by atoms with E-state index in [1.807, 2.05) is 19.1 Å². The summed E-state index contributed by atoms with van der Waals surface area (Å²) < 4.78 is 5.29. The number of benzene rings is 1. The fourth-order valence-corrected chi connectivity index (χ4v) is 1.33. The van der Waals surface area contributed by atoms with Crippen LogP contribution in [0.2, 0.25) is 0 Å². The van der Waals surface area contributed by atoms with E-state index in [4.69, 9.17) is 11.2 Å². The summed E-state index contributed by atoms with van der Waals surface area (Å²) in [6, 6.07) is 5.34. The Balaban J connectivity index is 2.54. The van der Waals surface area contributed by atoms with E-state index in [1.54, 1.807) is 6.07 Å². The molecule has 0 atom stereocenters. The Morgan fingerprint density at radius 2 is 2.31 bits per heavy atom.